The molecule has 25 heavy (non-hydrogen) atoms. The van der Waals surface area contributed by atoms with Crippen molar-refractivity contribution in [3.8, 4) is 5.69 Å². The number of hydrogen-bond acceptors (Lipinski definition) is 4. The van der Waals surface area contributed by atoms with Gasteiger partial charge >= 0.3 is 0 Å². The third kappa shape index (κ3) is 2.76. The number of nitrogens with zero attached hydrogens (tertiary/aromatic N) is 5. The van der Waals surface area contributed by atoms with E-state index in [2.05, 4.69) is 25.1 Å². The fourth-order valence-electron chi connectivity index (χ4n) is 2.84. The van der Waals surface area contributed by atoms with Gasteiger partial charge in [0.05, 0.1) is 17.2 Å². The Morgan fingerprint density at radius 2 is 1.92 bits per heavy atom. The van der Waals surface area contributed by atoms with Gasteiger partial charge in [0.15, 0.2) is 5.82 Å². The quantitative estimate of drug-likeness (QED) is 0.626. The first-order chi connectivity index (χ1) is 12.1. The van der Waals surface area contributed by atoms with Crippen LogP contribution in [0.25, 0.3) is 16.7 Å². The second-order valence-electron chi connectivity index (χ2n) is 5.71. The van der Waals surface area contributed by atoms with Crippen molar-refractivity contribution in [2.45, 2.75) is 6.92 Å². The SMILES string of the molecule is Cc1nc2cc(C(=O)Nc3cnn(C)n3)ccc2n1-c1ccccc1. The molecule has 0 spiro atoms. The summed E-state index contributed by atoms with van der Waals surface area (Å²) in [6.45, 7) is 1.95. The largest absolute Gasteiger partial charge is 0.304 e. The summed E-state index contributed by atoms with van der Waals surface area (Å²) in [5.41, 5.74) is 3.29. The molecule has 2 heterocycles. The summed E-state index contributed by atoms with van der Waals surface area (Å²) in [5, 5.41) is 10.7. The summed E-state index contributed by atoms with van der Waals surface area (Å²) < 4.78 is 2.07. The molecule has 0 aliphatic heterocycles. The van der Waals surface area contributed by atoms with Gasteiger partial charge in [0.1, 0.15) is 5.82 Å². The van der Waals surface area contributed by atoms with E-state index in [0.29, 0.717) is 11.4 Å². The first kappa shape index (κ1) is 15.1. The monoisotopic (exact) mass is 332 g/mol. The highest BCUT2D eigenvalue weighted by atomic mass is 16.1. The van der Waals surface area contributed by atoms with Crippen molar-refractivity contribution in [2.24, 2.45) is 7.05 Å². The Balaban J connectivity index is 1.71. The molecule has 0 atom stereocenters. The van der Waals surface area contributed by atoms with Crippen molar-refractivity contribution in [1.29, 1.82) is 0 Å². The summed E-state index contributed by atoms with van der Waals surface area (Å²) in [7, 11) is 1.70. The molecule has 0 saturated carbocycles. The molecule has 2 aromatic heterocycles. The van der Waals surface area contributed by atoms with Crippen LogP contribution in [0.1, 0.15) is 16.2 Å². The average molecular weight is 332 g/mol. The number of anilines is 1. The van der Waals surface area contributed by atoms with Crippen molar-refractivity contribution >= 4 is 22.8 Å². The van der Waals surface area contributed by atoms with Gasteiger partial charge in [0.2, 0.25) is 0 Å². The highest BCUT2D eigenvalue weighted by molar-refractivity contribution is 6.05. The van der Waals surface area contributed by atoms with Crippen molar-refractivity contribution in [1.82, 2.24) is 24.5 Å². The third-order valence-corrected chi connectivity index (χ3v) is 3.94. The number of hydrogen-bond donors (Lipinski definition) is 1. The van der Waals surface area contributed by atoms with Gasteiger partial charge in [-0.2, -0.15) is 9.90 Å². The molecule has 0 bridgehead atoms. The van der Waals surface area contributed by atoms with E-state index in [1.807, 2.05) is 43.3 Å². The van der Waals surface area contributed by atoms with Crippen LogP contribution >= 0.6 is 0 Å². The van der Waals surface area contributed by atoms with Crippen LogP contribution in [-0.2, 0) is 7.05 Å². The number of aromatic nitrogens is 5. The second-order valence-corrected chi connectivity index (χ2v) is 5.71. The van der Waals surface area contributed by atoms with Crippen molar-refractivity contribution in [3.63, 3.8) is 0 Å². The van der Waals surface area contributed by atoms with Crippen LogP contribution in [0.3, 0.4) is 0 Å². The molecule has 0 fully saturated rings. The number of benzene rings is 2. The van der Waals surface area contributed by atoms with Crippen molar-refractivity contribution in [2.75, 3.05) is 5.32 Å². The maximum atomic E-state index is 12.4. The van der Waals surface area contributed by atoms with E-state index in [-0.39, 0.29) is 5.91 Å². The minimum Gasteiger partial charge on any atom is -0.304 e. The van der Waals surface area contributed by atoms with Crippen molar-refractivity contribution in [3.05, 3.63) is 66.1 Å². The number of para-hydroxylation sites is 1. The molecule has 0 aliphatic carbocycles. The molecule has 0 aliphatic rings. The molecule has 124 valence electrons. The molecule has 7 nitrogen and oxygen atoms in total. The molecule has 4 rings (SSSR count). The molecular formula is C18H16N6O. The highest BCUT2D eigenvalue weighted by Crippen LogP contribution is 2.22. The maximum Gasteiger partial charge on any atom is 0.256 e. The van der Waals surface area contributed by atoms with E-state index in [0.717, 1.165) is 22.5 Å². The molecule has 1 N–H and O–H groups in total. The maximum absolute atomic E-state index is 12.4. The Hall–Kier alpha value is -3.48. The zero-order chi connectivity index (χ0) is 17.4. The lowest BCUT2D eigenvalue weighted by atomic mass is 10.2. The summed E-state index contributed by atoms with van der Waals surface area (Å²) in [5.74, 6) is 1.04. The minimum absolute atomic E-state index is 0.241. The van der Waals surface area contributed by atoms with E-state index in [1.165, 1.54) is 11.0 Å². The van der Waals surface area contributed by atoms with E-state index in [9.17, 15) is 4.79 Å². The molecule has 0 unspecified atom stereocenters. The van der Waals surface area contributed by atoms with Crippen LogP contribution in [0, 0.1) is 6.92 Å². The van der Waals surface area contributed by atoms with Crippen LogP contribution in [0.15, 0.2) is 54.7 Å². The van der Waals surface area contributed by atoms with Gasteiger partial charge in [-0.1, -0.05) is 18.2 Å². The van der Waals surface area contributed by atoms with Crippen LogP contribution in [0.5, 0.6) is 0 Å². The number of nitrogens with one attached hydrogen (secondary N) is 1. The number of aryl methyl sites for hydroxylation is 2. The second kappa shape index (κ2) is 5.86. The molecule has 4 aromatic rings. The minimum atomic E-state index is -0.241. The number of rotatable bonds is 3. The summed E-state index contributed by atoms with van der Waals surface area (Å²) in [6, 6.07) is 15.5. The fraction of sp³-hybridized carbons (Fsp3) is 0.111. The van der Waals surface area contributed by atoms with Gasteiger partial charge in [0.25, 0.3) is 5.91 Å². The molecule has 2 aromatic carbocycles. The Labute approximate surface area is 143 Å². The number of fused-ring (bicyclic) bond motifs is 1. The van der Waals surface area contributed by atoms with E-state index in [4.69, 9.17) is 0 Å². The van der Waals surface area contributed by atoms with Gasteiger partial charge in [-0.15, -0.1) is 5.10 Å². The molecule has 0 radical (unpaired) electrons. The zero-order valence-corrected chi connectivity index (χ0v) is 13.8. The van der Waals surface area contributed by atoms with Gasteiger partial charge in [0, 0.05) is 18.3 Å². The van der Waals surface area contributed by atoms with Crippen LogP contribution in [0.2, 0.25) is 0 Å². The number of imidazole rings is 1. The van der Waals surface area contributed by atoms with E-state index >= 15 is 0 Å². The lowest BCUT2D eigenvalue weighted by molar-refractivity contribution is 0.102. The van der Waals surface area contributed by atoms with E-state index < -0.39 is 0 Å². The lowest BCUT2D eigenvalue weighted by Crippen LogP contribution is -2.12. The molecule has 0 saturated heterocycles. The summed E-state index contributed by atoms with van der Waals surface area (Å²) >= 11 is 0. The van der Waals surface area contributed by atoms with Gasteiger partial charge in [-0.25, -0.2) is 4.98 Å². The smallest absolute Gasteiger partial charge is 0.256 e. The van der Waals surface area contributed by atoms with Crippen LogP contribution in [0.4, 0.5) is 5.82 Å². The first-order valence-electron chi connectivity index (χ1n) is 7.84. The Morgan fingerprint density at radius 1 is 1.12 bits per heavy atom. The number of carbonyl (C=O) groups excluding carboxylic acids is 1. The topological polar surface area (TPSA) is 77.6 Å². The third-order valence-electron chi connectivity index (χ3n) is 3.94. The normalized spacial score (nSPS) is 11.0. The standard InChI is InChI=1S/C18H16N6O/c1-12-20-15-10-13(18(25)21-17-11-19-23(2)22-17)8-9-16(15)24(12)14-6-4-3-5-7-14/h3-11H,1-2H3,(H,21,22,25). The summed E-state index contributed by atoms with van der Waals surface area (Å²) in [4.78, 5) is 18.4. The fourth-order valence-corrected chi connectivity index (χ4v) is 2.84. The lowest BCUT2D eigenvalue weighted by Gasteiger charge is -2.07. The van der Waals surface area contributed by atoms with Crippen molar-refractivity contribution < 1.29 is 4.79 Å². The predicted molar refractivity (Wildman–Crippen MR) is 94.8 cm³/mol. The number of amides is 1. The molecule has 7 heteroatoms. The van der Waals surface area contributed by atoms with E-state index in [1.54, 1.807) is 19.2 Å². The Morgan fingerprint density at radius 3 is 2.64 bits per heavy atom. The van der Waals surface area contributed by atoms with Gasteiger partial charge in [-0.05, 0) is 37.3 Å². The predicted octanol–water partition coefficient (Wildman–Crippen LogP) is 2.71. The average Bonchev–Trinajstić information content (AvgIpc) is 3.16. The summed E-state index contributed by atoms with van der Waals surface area (Å²) in [6.07, 6.45) is 1.50. The molecular weight excluding hydrogens is 316 g/mol. The zero-order valence-electron chi connectivity index (χ0n) is 13.8. The molecule has 1 amide bonds. The first-order valence-corrected chi connectivity index (χ1v) is 7.84. The Kier molecular flexibility index (Phi) is 3.53. The van der Waals surface area contributed by atoms with Crippen LogP contribution < -0.4 is 5.32 Å². The van der Waals surface area contributed by atoms with Gasteiger partial charge < -0.3 is 5.32 Å². The van der Waals surface area contributed by atoms with Gasteiger partial charge in [-0.3, -0.25) is 9.36 Å². The highest BCUT2D eigenvalue weighted by Gasteiger charge is 2.13. The number of carbonyl (C=O) groups is 1. The van der Waals surface area contributed by atoms with Crippen LogP contribution in [-0.4, -0.2) is 30.5 Å². The Bertz CT molecular complexity index is 1060.